The summed E-state index contributed by atoms with van der Waals surface area (Å²) in [5.41, 5.74) is 0.679. The first-order valence-corrected chi connectivity index (χ1v) is 8.45. The zero-order valence-electron chi connectivity index (χ0n) is 15.3. The Bertz CT molecular complexity index is 615. The summed E-state index contributed by atoms with van der Waals surface area (Å²) in [5, 5.41) is 0. The minimum atomic E-state index is -0.323. The Kier molecular flexibility index (Phi) is 4.94. The van der Waals surface area contributed by atoms with Crippen molar-refractivity contribution in [2.45, 2.75) is 25.0 Å². The van der Waals surface area contributed by atoms with E-state index in [1.54, 1.807) is 33.3 Å². The molecule has 7 nitrogen and oxygen atoms in total. The normalized spacial score (nSPS) is 19.8. The van der Waals surface area contributed by atoms with Gasteiger partial charge in [0.05, 0.1) is 33.4 Å². The minimum absolute atomic E-state index is 0.216. The number of hydrogen-bond donors (Lipinski definition) is 0. The van der Waals surface area contributed by atoms with Gasteiger partial charge >= 0.3 is 6.09 Å². The van der Waals surface area contributed by atoms with E-state index in [2.05, 4.69) is 4.90 Å². The monoisotopic (exact) mass is 350 g/mol. The van der Waals surface area contributed by atoms with Crippen LogP contribution < -0.4 is 14.2 Å². The standard InChI is InChI=1S/C18H26N2O5/c1-19-12-18(25-17(19)21)5-7-20(8-6-18)11-14-15(23-3)9-13(22-2)10-16(14)24-4/h9-10H,5-8,11-12H2,1-4H3. The summed E-state index contributed by atoms with van der Waals surface area (Å²) in [5.74, 6) is 2.21. The molecule has 0 aromatic heterocycles. The molecule has 0 unspecified atom stereocenters. The van der Waals surface area contributed by atoms with Crippen LogP contribution in [0.1, 0.15) is 18.4 Å². The highest BCUT2D eigenvalue weighted by Gasteiger charge is 2.45. The summed E-state index contributed by atoms with van der Waals surface area (Å²) in [6.07, 6.45) is 1.46. The first kappa shape index (κ1) is 17.7. The van der Waals surface area contributed by atoms with Gasteiger partial charge in [-0.1, -0.05) is 0 Å². The number of ether oxygens (including phenoxy) is 4. The SMILES string of the molecule is COc1cc(OC)c(CN2CCC3(CC2)CN(C)C(=O)O3)c(OC)c1. The second-order valence-electron chi connectivity index (χ2n) is 6.69. The first-order chi connectivity index (χ1) is 12.0. The first-order valence-electron chi connectivity index (χ1n) is 8.45. The highest BCUT2D eigenvalue weighted by molar-refractivity contribution is 5.70. The van der Waals surface area contributed by atoms with E-state index in [0.29, 0.717) is 12.3 Å². The Balaban J connectivity index is 1.71. The van der Waals surface area contributed by atoms with Gasteiger partial charge in [-0.25, -0.2) is 4.79 Å². The third-order valence-electron chi connectivity index (χ3n) is 5.11. The summed E-state index contributed by atoms with van der Waals surface area (Å²) in [7, 11) is 6.71. The van der Waals surface area contributed by atoms with Gasteiger partial charge in [-0.05, 0) is 0 Å². The fraction of sp³-hybridized carbons (Fsp3) is 0.611. The molecule has 7 heteroatoms. The number of carbonyl (C=O) groups excluding carboxylic acids is 1. The summed E-state index contributed by atoms with van der Waals surface area (Å²) in [6, 6.07) is 3.74. The van der Waals surface area contributed by atoms with Gasteiger partial charge in [-0.15, -0.1) is 0 Å². The highest BCUT2D eigenvalue weighted by atomic mass is 16.6. The lowest BCUT2D eigenvalue weighted by Gasteiger charge is -2.37. The molecule has 25 heavy (non-hydrogen) atoms. The van der Waals surface area contributed by atoms with Crippen molar-refractivity contribution in [3.8, 4) is 17.2 Å². The van der Waals surface area contributed by atoms with Gasteiger partial charge in [-0.3, -0.25) is 4.90 Å². The van der Waals surface area contributed by atoms with Crippen LogP contribution in [0.15, 0.2) is 12.1 Å². The van der Waals surface area contributed by atoms with Crippen LogP contribution >= 0.6 is 0 Å². The maximum Gasteiger partial charge on any atom is 0.410 e. The number of methoxy groups -OCH3 is 3. The predicted molar refractivity (Wildman–Crippen MR) is 92.5 cm³/mol. The molecule has 2 aliphatic heterocycles. The summed E-state index contributed by atoms with van der Waals surface area (Å²) < 4.78 is 22.0. The third-order valence-corrected chi connectivity index (χ3v) is 5.11. The van der Waals surface area contributed by atoms with Crippen LogP contribution in [0.4, 0.5) is 4.79 Å². The fourth-order valence-electron chi connectivity index (χ4n) is 3.63. The molecule has 138 valence electrons. The van der Waals surface area contributed by atoms with Crippen LogP contribution in [0.25, 0.3) is 0 Å². The summed E-state index contributed by atoms with van der Waals surface area (Å²) in [4.78, 5) is 15.7. The average molecular weight is 350 g/mol. The Hall–Kier alpha value is -2.15. The molecule has 0 radical (unpaired) electrons. The Morgan fingerprint density at radius 3 is 2.12 bits per heavy atom. The molecule has 0 saturated carbocycles. The summed E-state index contributed by atoms with van der Waals surface area (Å²) in [6.45, 7) is 3.12. The molecule has 1 spiro atoms. The molecule has 2 aliphatic rings. The van der Waals surface area contributed by atoms with Crippen LogP contribution in [-0.4, -0.2) is 69.5 Å². The van der Waals surface area contributed by atoms with Crippen LogP contribution in [0.3, 0.4) is 0 Å². The van der Waals surface area contributed by atoms with Crippen molar-refractivity contribution in [1.29, 1.82) is 0 Å². The molecular weight excluding hydrogens is 324 g/mol. The molecule has 0 aliphatic carbocycles. The molecule has 1 amide bonds. The molecule has 2 saturated heterocycles. The van der Waals surface area contributed by atoms with Gasteiger partial charge < -0.3 is 23.8 Å². The van der Waals surface area contributed by atoms with E-state index in [1.165, 1.54) is 0 Å². The molecule has 0 bridgehead atoms. The van der Waals surface area contributed by atoms with Crippen LogP contribution in [0.5, 0.6) is 17.2 Å². The number of rotatable bonds is 5. The minimum Gasteiger partial charge on any atom is -0.496 e. The van der Waals surface area contributed by atoms with E-state index in [9.17, 15) is 4.79 Å². The smallest absolute Gasteiger partial charge is 0.410 e. The highest BCUT2D eigenvalue weighted by Crippen LogP contribution is 2.37. The lowest BCUT2D eigenvalue weighted by molar-refractivity contribution is -0.00143. The Morgan fingerprint density at radius 1 is 1.08 bits per heavy atom. The Labute approximate surface area is 148 Å². The van der Waals surface area contributed by atoms with Gasteiger partial charge in [0.1, 0.15) is 22.8 Å². The van der Waals surface area contributed by atoms with Crippen molar-refractivity contribution in [2.24, 2.45) is 0 Å². The van der Waals surface area contributed by atoms with Crippen molar-refractivity contribution in [2.75, 3.05) is 48.0 Å². The van der Waals surface area contributed by atoms with Crippen molar-refractivity contribution in [3.63, 3.8) is 0 Å². The molecule has 2 fully saturated rings. The molecule has 0 atom stereocenters. The largest absolute Gasteiger partial charge is 0.496 e. The molecule has 2 heterocycles. The second-order valence-corrected chi connectivity index (χ2v) is 6.69. The van der Waals surface area contributed by atoms with E-state index in [-0.39, 0.29) is 11.7 Å². The average Bonchev–Trinajstić information content (AvgIpc) is 2.90. The van der Waals surface area contributed by atoms with Crippen LogP contribution in [0.2, 0.25) is 0 Å². The third kappa shape index (κ3) is 3.46. The fourth-order valence-corrected chi connectivity index (χ4v) is 3.63. The van der Waals surface area contributed by atoms with Crippen LogP contribution in [-0.2, 0) is 11.3 Å². The zero-order chi connectivity index (χ0) is 18.0. The van der Waals surface area contributed by atoms with E-state index in [4.69, 9.17) is 18.9 Å². The van der Waals surface area contributed by atoms with Crippen molar-refractivity contribution in [1.82, 2.24) is 9.80 Å². The molecule has 1 aromatic rings. The number of hydrogen-bond acceptors (Lipinski definition) is 6. The van der Waals surface area contributed by atoms with Crippen molar-refractivity contribution < 1.29 is 23.7 Å². The predicted octanol–water partition coefficient (Wildman–Crippen LogP) is 2.13. The maximum atomic E-state index is 11.7. The molecule has 0 N–H and O–H groups in total. The van der Waals surface area contributed by atoms with E-state index >= 15 is 0 Å². The number of benzene rings is 1. The lowest BCUT2D eigenvalue weighted by Crippen LogP contribution is -2.46. The molecule has 3 rings (SSSR count). The zero-order valence-corrected chi connectivity index (χ0v) is 15.3. The Morgan fingerprint density at radius 2 is 1.68 bits per heavy atom. The number of piperidine rings is 1. The molecular formula is C18H26N2O5. The van der Waals surface area contributed by atoms with E-state index in [0.717, 1.165) is 49.5 Å². The number of likely N-dealkylation sites (tertiary alicyclic amines) is 1. The van der Waals surface area contributed by atoms with Gasteiger partial charge in [0.25, 0.3) is 0 Å². The van der Waals surface area contributed by atoms with E-state index in [1.807, 2.05) is 12.1 Å². The maximum absolute atomic E-state index is 11.7. The van der Waals surface area contributed by atoms with Crippen molar-refractivity contribution in [3.05, 3.63) is 17.7 Å². The number of likely N-dealkylation sites (N-methyl/N-ethyl adjacent to an activating group) is 1. The number of amides is 1. The number of carbonyl (C=O) groups is 1. The quantitative estimate of drug-likeness (QED) is 0.811. The lowest BCUT2D eigenvalue weighted by atomic mass is 9.91. The van der Waals surface area contributed by atoms with Gasteiger partial charge in [-0.2, -0.15) is 0 Å². The number of nitrogens with zero attached hydrogens (tertiary/aromatic N) is 2. The van der Waals surface area contributed by atoms with Crippen molar-refractivity contribution >= 4 is 6.09 Å². The van der Waals surface area contributed by atoms with E-state index < -0.39 is 0 Å². The summed E-state index contributed by atoms with van der Waals surface area (Å²) >= 11 is 0. The van der Waals surface area contributed by atoms with Gasteiger partial charge in [0.2, 0.25) is 0 Å². The van der Waals surface area contributed by atoms with Crippen LogP contribution in [0, 0.1) is 0 Å². The second kappa shape index (κ2) is 7.00. The van der Waals surface area contributed by atoms with Gasteiger partial charge in [0.15, 0.2) is 0 Å². The topological polar surface area (TPSA) is 60.5 Å². The molecule has 1 aromatic carbocycles. The van der Waals surface area contributed by atoms with Gasteiger partial charge in [0, 0.05) is 51.7 Å².